The van der Waals surface area contributed by atoms with Gasteiger partial charge in [0.1, 0.15) is 23.3 Å². The molecule has 0 amide bonds. The Labute approximate surface area is 307 Å². The first-order valence-electron chi connectivity index (χ1n) is 17.5. The second kappa shape index (κ2) is 13.3. The number of fused-ring (bicyclic) bond motifs is 3. The SMILES string of the molecule is N#Cc1c(-c2ccccc2)cc(-c2ccc3c(c2)oc2cc(-c4cc(-c5ccccc5)c(C#N)c(-c5ccccc5)c4)ccc23)cc1-c1ccccc1. The van der Waals surface area contributed by atoms with E-state index in [0.29, 0.717) is 11.1 Å². The molecule has 8 aromatic carbocycles. The van der Waals surface area contributed by atoms with Gasteiger partial charge < -0.3 is 4.42 Å². The normalized spacial score (nSPS) is 11.0. The zero-order chi connectivity index (χ0) is 35.7. The summed E-state index contributed by atoms with van der Waals surface area (Å²) in [7, 11) is 0. The molecule has 1 aromatic heterocycles. The Bertz CT molecular complexity index is 2560. The maximum absolute atomic E-state index is 10.4. The highest BCUT2D eigenvalue weighted by molar-refractivity contribution is 6.07. The first-order valence-corrected chi connectivity index (χ1v) is 17.5. The Hall–Kier alpha value is -7.46. The molecule has 0 aliphatic carbocycles. The Kier molecular flexibility index (Phi) is 7.94. The molecule has 0 aliphatic heterocycles. The van der Waals surface area contributed by atoms with E-state index in [-0.39, 0.29) is 0 Å². The van der Waals surface area contributed by atoms with E-state index < -0.39 is 0 Å². The van der Waals surface area contributed by atoms with Gasteiger partial charge >= 0.3 is 0 Å². The summed E-state index contributed by atoms with van der Waals surface area (Å²) in [6, 6.07) is 66.6. The highest BCUT2D eigenvalue weighted by atomic mass is 16.3. The molecule has 3 nitrogen and oxygen atoms in total. The van der Waals surface area contributed by atoms with E-state index in [9.17, 15) is 10.5 Å². The van der Waals surface area contributed by atoms with Crippen LogP contribution in [-0.4, -0.2) is 0 Å². The van der Waals surface area contributed by atoms with Gasteiger partial charge in [-0.1, -0.05) is 133 Å². The lowest BCUT2D eigenvalue weighted by molar-refractivity contribution is 0.669. The number of nitriles is 2. The minimum Gasteiger partial charge on any atom is -0.456 e. The summed E-state index contributed by atoms with van der Waals surface area (Å²) < 4.78 is 6.62. The molecule has 3 heteroatoms. The molecule has 0 radical (unpaired) electrons. The Morgan fingerprint density at radius 3 is 0.887 bits per heavy atom. The molecule has 9 aromatic rings. The van der Waals surface area contributed by atoms with Crippen molar-refractivity contribution in [1.82, 2.24) is 0 Å². The van der Waals surface area contributed by atoms with Crippen molar-refractivity contribution in [3.05, 3.63) is 193 Å². The molecule has 0 saturated carbocycles. The molecule has 0 aliphatic rings. The first kappa shape index (κ1) is 31.5. The van der Waals surface area contributed by atoms with Crippen LogP contribution in [0, 0.1) is 22.7 Å². The van der Waals surface area contributed by atoms with Crippen LogP contribution >= 0.6 is 0 Å². The summed E-state index contributed by atoms with van der Waals surface area (Å²) in [5.74, 6) is 0. The van der Waals surface area contributed by atoms with Crippen molar-refractivity contribution in [3.8, 4) is 78.9 Å². The standard InChI is InChI=1S/C50H30N2O/c51-31-47-43(33-13-5-1-6-14-33)25-39(26-44(47)34-15-7-2-8-16-34)37-21-23-41-42-24-22-38(30-50(42)53-49(41)29-37)40-27-45(35-17-9-3-10-18-35)48(32-52)46(28-40)36-19-11-4-12-20-36/h1-30H. The monoisotopic (exact) mass is 674 g/mol. The summed E-state index contributed by atoms with van der Waals surface area (Å²) >= 11 is 0. The summed E-state index contributed by atoms with van der Waals surface area (Å²) in [4.78, 5) is 0. The Balaban J connectivity index is 1.18. The van der Waals surface area contributed by atoms with Gasteiger partial charge in [0.05, 0.1) is 11.1 Å². The van der Waals surface area contributed by atoms with Crippen LogP contribution in [0.15, 0.2) is 186 Å². The molecule has 0 saturated heterocycles. The number of nitrogens with zero attached hydrogens (tertiary/aromatic N) is 2. The maximum atomic E-state index is 10.4. The maximum Gasteiger partial charge on any atom is 0.136 e. The average Bonchev–Trinajstić information content (AvgIpc) is 3.61. The van der Waals surface area contributed by atoms with Crippen molar-refractivity contribution in [2.45, 2.75) is 0 Å². The summed E-state index contributed by atoms with van der Waals surface area (Å²) in [5.41, 5.74) is 14.4. The van der Waals surface area contributed by atoms with Crippen molar-refractivity contribution in [3.63, 3.8) is 0 Å². The molecular formula is C50H30N2O. The Morgan fingerprint density at radius 2 is 0.604 bits per heavy atom. The van der Waals surface area contributed by atoms with Crippen molar-refractivity contribution in [2.24, 2.45) is 0 Å². The van der Waals surface area contributed by atoms with E-state index in [1.807, 2.05) is 121 Å². The van der Waals surface area contributed by atoms with E-state index in [1.54, 1.807) is 0 Å². The van der Waals surface area contributed by atoms with Crippen LogP contribution in [0.2, 0.25) is 0 Å². The van der Waals surface area contributed by atoms with Crippen LogP contribution in [0.1, 0.15) is 11.1 Å². The average molecular weight is 675 g/mol. The predicted molar refractivity (Wildman–Crippen MR) is 216 cm³/mol. The molecule has 0 spiro atoms. The van der Waals surface area contributed by atoms with Crippen LogP contribution in [0.5, 0.6) is 0 Å². The van der Waals surface area contributed by atoms with Gasteiger partial charge in [-0.25, -0.2) is 0 Å². The molecule has 0 unspecified atom stereocenters. The van der Waals surface area contributed by atoms with Gasteiger partial charge in [-0.3, -0.25) is 0 Å². The lowest BCUT2D eigenvalue weighted by atomic mass is 9.88. The molecule has 0 N–H and O–H groups in total. The zero-order valence-corrected chi connectivity index (χ0v) is 28.6. The van der Waals surface area contributed by atoms with Gasteiger partial charge in [0.25, 0.3) is 0 Å². The molecule has 1 heterocycles. The van der Waals surface area contributed by atoms with Gasteiger partial charge in [-0.15, -0.1) is 0 Å². The van der Waals surface area contributed by atoms with E-state index >= 15 is 0 Å². The van der Waals surface area contributed by atoms with E-state index in [2.05, 4.69) is 72.8 Å². The van der Waals surface area contributed by atoms with Gasteiger partial charge in [0, 0.05) is 33.0 Å². The quantitative estimate of drug-likeness (QED) is 0.176. The topological polar surface area (TPSA) is 60.7 Å². The second-order valence-electron chi connectivity index (χ2n) is 13.1. The minimum atomic E-state index is 0.650. The molecule has 0 atom stereocenters. The van der Waals surface area contributed by atoms with Crippen LogP contribution in [0.3, 0.4) is 0 Å². The van der Waals surface area contributed by atoms with E-state index in [4.69, 9.17) is 4.42 Å². The molecule has 0 fully saturated rings. The number of rotatable bonds is 6. The van der Waals surface area contributed by atoms with Crippen molar-refractivity contribution < 1.29 is 4.42 Å². The third-order valence-corrected chi connectivity index (χ3v) is 9.98. The third kappa shape index (κ3) is 5.74. The van der Waals surface area contributed by atoms with Crippen LogP contribution < -0.4 is 0 Å². The largest absolute Gasteiger partial charge is 0.456 e. The lowest BCUT2D eigenvalue weighted by Gasteiger charge is -2.14. The summed E-state index contributed by atoms with van der Waals surface area (Å²) in [6.07, 6.45) is 0. The van der Waals surface area contributed by atoms with Gasteiger partial charge in [0.2, 0.25) is 0 Å². The van der Waals surface area contributed by atoms with Gasteiger partial charge in [0.15, 0.2) is 0 Å². The highest BCUT2D eigenvalue weighted by Crippen LogP contribution is 2.41. The first-order chi connectivity index (χ1) is 26.2. The number of hydrogen-bond acceptors (Lipinski definition) is 3. The number of benzene rings is 8. The van der Waals surface area contributed by atoms with E-state index in [0.717, 1.165) is 88.7 Å². The van der Waals surface area contributed by atoms with Gasteiger partial charge in [-0.2, -0.15) is 10.5 Å². The number of furan rings is 1. The Morgan fingerprint density at radius 1 is 0.302 bits per heavy atom. The highest BCUT2D eigenvalue weighted by Gasteiger charge is 2.18. The predicted octanol–water partition coefficient (Wildman–Crippen LogP) is 13.3. The smallest absolute Gasteiger partial charge is 0.136 e. The zero-order valence-electron chi connectivity index (χ0n) is 28.6. The molecular weight excluding hydrogens is 645 g/mol. The van der Waals surface area contributed by atoms with Gasteiger partial charge in [-0.05, 0) is 93.0 Å². The lowest BCUT2D eigenvalue weighted by Crippen LogP contribution is -1.92. The van der Waals surface area contributed by atoms with Crippen molar-refractivity contribution in [2.75, 3.05) is 0 Å². The van der Waals surface area contributed by atoms with Crippen LogP contribution in [-0.2, 0) is 0 Å². The third-order valence-electron chi connectivity index (χ3n) is 9.98. The fourth-order valence-electron chi connectivity index (χ4n) is 7.38. The second-order valence-corrected chi connectivity index (χ2v) is 13.1. The minimum absolute atomic E-state index is 0.650. The molecule has 53 heavy (non-hydrogen) atoms. The van der Waals surface area contributed by atoms with Crippen molar-refractivity contribution in [1.29, 1.82) is 10.5 Å². The fourth-order valence-corrected chi connectivity index (χ4v) is 7.38. The van der Waals surface area contributed by atoms with Crippen LogP contribution in [0.25, 0.3) is 88.7 Å². The summed E-state index contributed by atoms with van der Waals surface area (Å²) in [5, 5.41) is 22.9. The molecule has 9 rings (SSSR count). The van der Waals surface area contributed by atoms with Crippen molar-refractivity contribution >= 4 is 21.9 Å². The van der Waals surface area contributed by atoms with Crippen LogP contribution in [0.4, 0.5) is 0 Å². The fraction of sp³-hybridized carbons (Fsp3) is 0. The summed E-state index contributed by atoms with van der Waals surface area (Å²) in [6.45, 7) is 0. The van der Waals surface area contributed by atoms with E-state index in [1.165, 1.54) is 0 Å². The molecule has 246 valence electrons. The number of hydrogen-bond donors (Lipinski definition) is 0. The molecule has 0 bridgehead atoms.